The summed E-state index contributed by atoms with van der Waals surface area (Å²) in [5.74, 6) is 0. The van der Waals surface area contributed by atoms with Crippen LogP contribution in [0.5, 0.6) is 0 Å². The minimum atomic E-state index is 0.807. The molecule has 0 aromatic heterocycles. The third kappa shape index (κ3) is 27.5. The van der Waals surface area contributed by atoms with E-state index in [-0.39, 0.29) is 0 Å². The molecule has 0 bridgehead atoms. The van der Waals surface area contributed by atoms with Gasteiger partial charge in [-0.25, -0.2) is 0 Å². The predicted octanol–water partition coefficient (Wildman–Crippen LogP) is 12.9. The van der Waals surface area contributed by atoms with E-state index in [1.165, 1.54) is 215 Å². The van der Waals surface area contributed by atoms with E-state index in [0.29, 0.717) is 0 Å². The largest absolute Gasteiger partial charge is 0.324 e. The normalized spacial score (nSPS) is 13.2. The standard InChI is InChI=1S/C40H86N2/c1-8-11-14-17-20-23-25-28-31-34-37-41(4,5)39-40(36-33-30-27-22-19-16-13-10-3)42(6,7)38-35-32-29-26-24-21-18-15-12-9-2/h40H,8-39H2,1-7H3/q+2. The molecule has 0 aromatic carbocycles. The molecule has 0 saturated heterocycles. The van der Waals surface area contributed by atoms with Crippen LogP contribution in [0, 0.1) is 0 Å². The maximum absolute atomic E-state index is 2.57. The summed E-state index contributed by atoms with van der Waals surface area (Å²) in [6, 6.07) is 0.807. The fourth-order valence-corrected chi connectivity index (χ4v) is 7.05. The molecule has 0 aliphatic heterocycles. The third-order valence-corrected chi connectivity index (χ3v) is 10.3. The first-order chi connectivity index (χ1) is 20.3. The van der Waals surface area contributed by atoms with Gasteiger partial charge in [0.05, 0.1) is 41.3 Å². The van der Waals surface area contributed by atoms with Crippen LogP contribution in [0.4, 0.5) is 0 Å². The van der Waals surface area contributed by atoms with Crippen molar-refractivity contribution in [3.05, 3.63) is 0 Å². The highest BCUT2D eigenvalue weighted by Crippen LogP contribution is 2.22. The number of unbranched alkanes of at least 4 members (excludes halogenated alkanes) is 25. The molecule has 1 atom stereocenters. The van der Waals surface area contributed by atoms with E-state index in [9.17, 15) is 0 Å². The van der Waals surface area contributed by atoms with Crippen LogP contribution in [0.2, 0.25) is 0 Å². The molecule has 0 rings (SSSR count). The minimum absolute atomic E-state index is 0.807. The smallest absolute Gasteiger partial charge is 0.138 e. The van der Waals surface area contributed by atoms with Gasteiger partial charge < -0.3 is 8.97 Å². The second-order valence-corrected chi connectivity index (χ2v) is 15.6. The Hall–Kier alpha value is -0.0800. The summed E-state index contributed by atoms with van der Waals surface area (Å²) >= 11 is 0. The van der Waals surface area contributed by atoms with Crippen molar-refractivity contribution in [2.75, 3.05) is 47.8 Å². The monoisotopic (exact) mass is 595 g/mol. The Morgan fingerprint density at radius 3 is 0.976 bits per heavy atom. The summed E-state index contributed by atoms with van der Waals surface area (Å²) in [6.07, 6.45) is 41.8. The van der Waals surface area contributed by atoms with Crippen LogP contribution in [0.15, 0.2) is 0 Å². The lowest BCUT2D eigenvalue weighted by molar-refractivity contribution is -0.965. The van der Waals surface area contributed by atoms with Gasteiger partial charge in [0, 0.05) is 6.42 Å². The van der Waals surface area contributed by atoms with Crippen molar-refractivity contribution < 1.29 is 8.97 Å². The average Bonchev–Trinajstić information content (AvgIpc) is 2.95. The molecule has 0 spiro atoms. The fourth-order valence-electron chi connectivity index (χ4n) is 7.05. The molecule has 0 amide bonds. The van der Waals surface area contributed by atoms with E-state index in [4.69, 9.17) is 0 Å². The van der Waals surface area contributed by atoms with Crippen LogP contribution in [-0.4, -0.2) is 62.8 Å². The Labute approximate surface area is 269 Å². The van der Waals surface area contributed by atoms with E-state index >= 15 is 0 Å². The van der Waals surface area contributed by atoms with Crippen molar-refractivity contribution in [3.8, 4) is 0 Å². The highest BCUT2D eigenvalue weighted by Gasteiger charge is 2.33. The van der Waals surface area contributed by atoms with Gasteiger partial charge in [0.25, 0.3) is 0 Å². The van der Waals surface area contributed by atoms with Crippen LogP contribution in [-0.2, 0) is 0 Å². The van der Waals surface area contributed by atoms with Gasteiger partial charge in [-0.1, -0.05) is 168 Å². The summed E-state index contributed by atoms with van der Waals surface area (Å²) < 4.78 is 2.46. The highest BCUT2D eigenvalue weighted by molar-refractivity contribution is 4.61. The lowest BCUT2D eigenvalue weighted by Crippen LogP contribution is -2.58. The van der Waals surface area contributed by atoms with Gasteiger partial charge in [0.15, 0.2) is 0 Å². The molecule has 0 aromatic rings. The van der Waals surface area contributed by atoms with Crippen molar-refractivity contribution in [3.63, 3.8) is 0 Å². The highest BCUT2D eigenvalue weighted by atomic mass is 15.4. The van der Waals surface area contributed by atoms with E-state index in [1.54, 1.807) is 0 Å². The van der Waals surface area contributed by atoms with Crippen molar-refractivity contribution >= 4 is 0 Å². The Morgan fingerprint density at radius 2 is 0.619 bits per heavy atom. The molecular formula is C40H86N2+2. The second kappa shape index (κ2) is 29.6. The van der Waals surface area contributed by atoms with Gasteiger partial charge in [0.1, 0.15) is 12.6 Å². The van der Waals surface area contributed by atoms with Gasteiger partial charge >= 0.3 is 0 Å². The first-order valence-corrected chi connectivity index (χ1v) is 19.9. The molecule has 2 heteroatoms. The van der Waals surface area contributed by atoms with Gasteiger partial charge in [-0.05, 0) is 32.1 Å². The van der Waals surface area contributed by atoms with Gasteiger partial charge in [0.2, 0.25) is 0 Å². The molecule has 2 nitrogen and oxygen atoms in total. The summed E-state index contributed by atoms with van der Waals surface area (Å²) in [4.78, 5) is 0. The summed E-state index contributed by atoms with van der Waals surface area (Å²) in [5, 5.41) is 0. The zero-order valence-electron chi connectivity index (χ0n) is 31.1. The molecule has 0 radical (unpaired) electrons. The number of nitrogens with zero attached hydrogens (tertiary/aromatic N) is 2. The van der Waals surface area contributed by atoms with Crippen LogP contribution >= 0.6 is 0 Å². The zero-order valence-corrected chi connectivity index (χ0v) is 31.1. The number of quaternary nitrogens is 2. The van der Waals surface area contributed by atoms with E-state index in [0.717, 1.165) is 6.04 Å². The minimum Gasteiger partial charge on any atom is -0.324 e. The van der Waals surface area contributed by atoms with Gasteiger partial charge in [-0.15, -0.1) is 0 Å². The predicted molar refractivity (Wildman–Crippen MR) is 194 cm³/mol. The Balaban J connectivity index is 4.52. The van der Waals surface area contributed by atoms with Gasteiger partial charge in [-0.2, -0.15) is 0 Å². The average molecular weight is 595 g/mol. The Kier molecular flexibility index (Phi) is 29.6. The van der Waals surface area contributed by atoms with Crippen molar-refractivity contribution in [1.29, 1.82) is 0 Å². The van der Waals surface area contributed by atoms with Crippen LogP contribution in [0.3, 0.4) is 0 Å². The third-order valence-electron chi connectivity index (χ3n) is 10.3. The fraction of sp³-hybridized carbons (Fsp3) is 1.00. The molecule has 0 N–H and O–H groups in total. The van der Waals surface area contributed by atoms with Crippen LogP contribution < -0.4 is 0 Å². The molecule has 0 fully saturated rings. The van der Waals surface area contributed by atoms with E-state index in [1.807, 2.05) is 0 Å². The molecule has 0 saturated carbocycles. The van der Waals surface area contributed by atoms with Crippen LogP contribution in [0.25, 0.3) is 0 Å². The van der Waals surface area contributed by atoms with E-state index in [2.05, 4.69) is 49.0 Å². The van der Waals surface area contributed by atoms with E-state index < -0.39 is 0 Å². The lowest BCUT2D eigenvalue weighted by atomic mass is 10.0. The zero-order chi connectivity index (χ0) is 31.2. The second-order valence-electron chi connectivity index (χ2n) is 15.6. The number of hydrogen-bond acceptors (Lipinski definition) is 0. The number of likely N-dealkylation sites (N-methyl/N-ethyl adjacent to an activating group) is 2. The first-order valence-electron chi connectivity index (χ1n) is 19.9. The summed E-state index contributed by atoms with van der Waals surface area (Å²) in [5.41, 5.74) is 0. The van der Waals surface area contributed by atoms with Crippen molar-refractivity contribution in [1.82, 2.24) is 0 Å². The maximum Gasteiger partial charge on any atom is 0.138 e. The SMILES string of the molecule is CCCCCCCCCCCC[N+](C)(C)CC(CCCCCCCCCC)[N+](C)(C)CCCCCCCCCCCC. The molecule has 42 heavy (non-hydrogen) atoms. The Morgan fingerprint density at radius 1 is 0.333 bits per heavy atom. The summed E-state index contributed by atoms with van der Waals surface area (Å²) in [6.45, 7) is 11.1. The van der Waals surface area contributed by atoms with Crippen molar-refractivity contribution in [2.24, 2.45) is 0 Å². The summed E-state index contributed by atoms with van der Waals surface area (Å²) in [7, 11) is 10.2. The molecule has 0 aliphatic carbocycles. The van der Waals surface area contributed by atoms with Crippen LogP contribution in [0.1, 0.15) is 207 Å². The molecule has 1 unspecified atom stereocenters. The number of rotatable bonds is 34. The topological polar surface area (TPSA) is 0 Å². The first kappa shape index (κ1) is 41.9. The molecule has 254 valence electrons. The Bertz CT molecular complexity index is 526. The molecular weight excluding hydrogens is 508 g/mol. The molecule has 0 aliphatic rings. The number of hydrogen-bond donors (Lipinski definition) is 0. The quantitative estimate of drug-likeness (QED) is 0.0513. The molecule has 0 heterocycles. The van der Waals surface area contributed by atoms with Gasteiger partial charge in [-0.3, -0.25) is 0 Å². The van der Waals surface area contributed by atoms with Crippen molar-refractivity contribution in [2.45, 2.75) is 213 Å². The maximum atomic E-state index is 2.57. The lowest BCUT2D eigenvalue weighted by Gasteiger charge is -2.42.